The third kappa shape index (κ3) is 3.09. The lowest BCUT2D eigenvalue weighted by Gasteiger charge is -2.13. The third-order valence-corrected chi connectivity index (χ3v) is 4.78. The summed E-state index contributed by atoms with van der Waals surface area (Å²) in [6.07, 6.45) is 0.345. The van der Waals surface area contributed by atoms with Crippen molar-refractivity contribution in [2.45, 2.75) is 19.9 Å². The zero-order chi connectivity index (χ0) is 19.0. The molecule has 0 aliphatic carbocycles. The monoisotopic (exact) mass is 368 g/mol. The van der Waals surface area contributed by atoms with Crippen LogP contribution in [0.1, 0.15) is 28.0 Å². The molecule has 0 N–H and O–H groups in total. The summed E-state index contributed by atoms with van der Waals surface area (Å²) >= 11 is 0. The van der Waals surface area contributed by atoms with Gasteiger partial charge >= 0.3 is 0 Å². The molecule has 4 rings (SSSR count). The summed E-state index contributed by atoms with van der Waals surface area (Å²) in [5.74, 6) is -0.367. The highest BCUT2D eigenvalue weighted by Gasteiger charge is 2.27. The molecule has 0 radical (unpaired) electrons. The van der Waals surface area contributed by atoms with Gasteiger partial charge < -0.3 is 4.90 Å². The van der Waals surface area contributed by atoms with E-state index >= 15 is 0 Å². The largest absolute Gasteiger partial charge is 0.334 e. The van der Waals surface area contributed by atoms with Crippen LogP contribution in [0.15, 0.2) is 42.5 Å². The summed E-state index contributed by atoms with van der Waals surface area (Å²) in [6, 6.07) is 11.6. The summed E-state index contributed by atoms with van der Waals surface area (Å²) in [7, 11) is 0. The number of benzene rings is 2. The number of halogens is 2. The van der Waals surface area contributed by atoms with Crippen molar-refractivity contribution in [2.24, 2.45) is 0 Å². The van der Waals surface area contributed by atoms with E-state index in [2.05, 4.69) is 10.3 Å². The van der Waals surface area contributed by atoms with E-state index in [4.69, 9.17) is 0 Å². The van der Waals surface area contributed by atoms with Crippen LogP contribution in [0, 0.1) is 12.7 Å². The van der Waals surface area contributed by atoms with Crippen molar-refractivity contribution in [1.82, 2.24) is 19.9 Å². The van der Waals surface area contributed by atoms with Gasteiger partial charge in [-0.05, 0) is 55.3 Å². The molecule has 1 aromatic heterocycles. The van der Waals surface area contributed by atoms with Crippen LogP contribution in [0.3, 0.4) is 0 Å². The van der Waals surface area contributed by atoms with Crippen LogP contribution in [0.2, 0.25) is 0 Å². The van der Waals surface area contributed by atoms with Crippen LogP contribution in [-0.4, -0.2) is 39.0 Å². The maximum absolute atomic E-state index is 13.1. The van der Waals surface area contributed by atoms with Crippen molar-refractivity contribution in [3.05, 3.63) is 65.1 Å². The van der Waals surface area contributed by atoms with Gasteiger partial charge in [0.25, 0.3) is 5.91 Å². The van der Waals surface area contributed by atoms with Crippen molar-refractivity contribution < 1.29 is 13.6 Å². The summed E-state index contributed by atoms with van der Waals surface area (Å²) < 4.78 is 27.2. The lowest BCUT2D eigenvalue weighted by atomic mass is 10.0. The SMILES string of the molecule is Cc1c(-c2ccc3c(c2)CN(CCCF)C3=O)nnn1-c1ccc(F)cc1. The van der Waals surface area contributed by atoms with Gasteiger partial charge in [0.1, 0.15) is 11.5 Å². The van der Waals surface area contributed by atoms with Gasteiger partial charge in [-0.25, -0.2) is 9.07 Å². The fourth-order valence-electron chi connectivity index (χ4n) is 3.38. The molecule has 0 atom stereocenters. The second-order valence-electron chi connectivity index (χ2n) is 6.55. The zero-order valence-corrected chi connectivity index (χ0v) is 14.8. The molecule has 0 unspecified atom stereocenters. The van der Waals surface area contributed by atoms with E-state index in [0.717, 1.165) is 22.5 Å². The van der Waals surface area contributed by atoms with Gasteiger partial charge in [0, 0.05) is 24.2 Å². The molecule has 0 saturated heterocycles. The number of hydrogen-bond acceptors (Lipinski definition) is 3. The predicted octanol–water partition coefficient (Wildman–Crippen LogP) is 3.70. The van der Waals surface area contributed by atoms with E-state index in [9.17, 15) is 13.6 Å². The number of hydrogen-bond donors (Lipinski definition) is 0. The summed E-state index contributed by atoms with van der Waals surface area (Å²) in [4.78, 5) is 14.0. The molecule has 0 spiro atoms. The van der Waals surface area contributed by atoms with Crippen LogP contribution in [0.5, 0.6) is 0 Å². The average molecular weight is 368 g/mol. The number of alkyl halides is 1. The lowest BCUT2D eigenvalue weighted by Crippen LogP contribution is -2.25. The van der Waals surface area contributed by atoms with Crippen molar-refractivity contribution in [1.29, 1.82) is 0 Å². The first-order valence-corrected chi connectivity index (χ1v) is 8.75. The van der Waals surface area contributed by atoms with Crippen LogP contribution in [-0.2, 0) is 6.54 Å². The first-order valence-electron chi connectivity index (χ1n) is 8.75. The molecule has 27 heavy (non-hydrogen) atoms. The highest BCUT2D eigenvalue weighted by molar-refractivity contribution is 5.99. The van der Waals surface area contributed by atoms with Crippen LogP contribution >= 0.6 is 0 Å². The van der Waals surface area contributed by atoms with E-state index < -0.39 is 6.67 Å². The molecular formula is C20H18F2N4O. The second-order valence-corrected chi connectivity index (χ2v) is 6.55. The van der Waals surface area contributed by atoms with E-state index in [-0.39, 0.29) is 11.7 Å². The Kier molecular flexibility index (Phi) is 4.43. The number of amides is 1. The van der Waals surface area contributed by atoms with Crippen LogP contribution in [0.4, 0.5) is 8.78 Å². The van der Waals surface area contributed by atoms with Crippen molar-refractivity contribution in [3.63, 3.8) is 0 Å². The predicted molar refractivity (Wildman–Crippen MR) is 96.8 cm³/mol. The summed E-state index contributed by atoms with van der Waals surface area (Å²) in [5.41, 5.74) is 4.67. The van der Waals surface area contributed by atoms with Crippen molar-refractivity contribution >= 4 is 5.91 Å². The van der Waals surface area contributed by atoms with Gasteiger partial charge in [-0.3, -0.25) is 9.18 Å². The molecular weight excluding hydrogens is 350 g/mol. The molecule has 7 heteroatoms. The Labute approximate surface area is 155 Å². The summed E-state index contributed by atoms with van der Waals surface area (Å²) in [5, 5.41) is 8.45. The van der Waals surface area contributed by atoms with E-state index in [1.54, 1.807) is 27.8 Å². The highest BCUT2D eigenvalue weighted by Crippen LogP contribution is 2.29. The quantitative estimate of drug-likeness (QED) is 0.690. The normalized spacial score (nSPS) is 13.3. The molecule has 0 fully saturated rings. The molecule has 0 saturated carbocycles. The fourth-order valence-corrected chi connectivity index (χ4v) is 3.38. The maximum atomic E-state index is 13.1. The van der Waals surface area contributed by atoms with E-state index in [1.165, 1.54) is 12.1 Å². The number of fused-ring (bicyclic) bond motifs is 1. The molecule has 2 heterocycles. The number of rotatable bonds is 5. The maximum Gasteiger partial charge on any atom is 0.254 e. The van der Waals surface area contributed by atoms with Gasteiger partial charge in [0.15, 0.2) is 0 Å². The van der Waals surface area contributed by atoms with Crippen molar-refractivity contribution in [2.75, 3.05) is 13.2 Å². The Morgan fingerprint density at radius 1 is 1.15 bits per heavy atom. The van der Waals surface area contributed by atoms with Crippen LogP contribution < -0.4 is 0 Å². The Morgan fingerprint density at radius 2 is 1.93 bits per heavy atom. The van der Waals surface area contributed by atoms with E-state index in [0.29, 0.717) is 30.8 Å². The highest BCUT2D eigenvalue weighted by atomic mass is 19.1. The topological polar surface area (TPSA) is 51.0 Å². The first-order chi connectivity index (χ1) is 13.1. The van der Waals surface area contributed by atoms with E-state index in [1.807, 2.05) is 19.1 Å². The molecule has 0 bridgehead atoms. The minimum atomic E-state index is -0.433. The Hall–Kier alpha value is -3.09. The van der Waals surface area contributed by atoms with Crippen molar-refractivity contribution in [3.8, 4) is 16.9 Å². The molecule has 138 valence electrons. The number of aromatic nitrogens is 3. The van der Waals surface area contributed by atoms with Gasteiger partial charge in [-0.15, -0.1) is 5.10 Å². The zero-order valence-electron chi connectivity index (χ0n) is 14.8. The molecule has 2 aromatic carbocycles. The summed E-state index contributed by atoms with van der Waals surface area (Å²) in [6.45, 7) is 2.36. The number of carbonyl (C=O) groups excluding carboxylic acids is 1. The Morgan fingerprint density at radius 3 is 2.67 bits per heavy atom. The number of carbonyl (C=O) groups is 1. The van der Waals surface area contributed by atoms with Crippen LogP contribution in [0.25, 0.3) is 16.9 Å². The molecule has 1 aliphatic heterocycles. The third-order valence-electron chi connectivity index (χ3n) is 4.78. The molecule has 1 amide bonds. The average Bonchev–Trinajstić information content (AvgIpc) is 3.20. The van der Waals surface area contributed by atoms with Gasteiger partial charge in [0.05, 0.1) is 18.1 Å². The van der Waals surface area contributed by atoms with Gasteiger partial charge in [-0.2, -0.15) is 0 Å². The molecule has 1 aliphatic rings. The Balaban J connectivity index is 1.65. The fraction of sp³-hybridized carbons (Fsp3) is 0.250. The molecule has 5 nitrogen and oxygen atoms in total. The second kappa shape index (κ2) is 6.90. The Bertz CT molecular complexity index is 998. The minimum absolute atomic E-state index is 0.0586. The van der Waals surface area contributed by atoms with Gasteiger partial charge in [-0.1, -0.05) is 11.3 Å². The van der Waals surface area contributed by atoms with Gasteiger partial charge in [0.2, 0.25) is 0 Å². The lowest BCUT2D eigenvalue weighted by molar-refractivity contribution is 0.0774. The minimum Gasteiger partial charge on any atom is -0.334 e. The standard InChI is InChI=1S/C20H18F2N4O/c1-13-19(23-24-26(13)17-6-4-16(22)5-7-17)14-3-8-18-15(11-14)12-25(20(18)27)10-2-9-21/h3-8,11H,2,9-10,12H2,1H3. The number of nitrogens with zero attached hydrogens (tertiary/aromatic N) is 4. The first kappa shape index (κ1) is 17.3. The molecule has 3 aromatic rings. The smallest absolute Gasteiger partial charge is 0.254 e.